The Bertz CT molecular complexity index is 151. The van der Waals surface area contributed by atoms with Gasteiger partial charge in [0.25, 0.3) is 0 Å². The quantitative estimate of drug-likeness (QED) is 0.410. The highest BCUT2D eigenvalue weighted by Gasteiger charge is 2.11. The summed E-state index contributed by atoms with van der Waals surface area (Å²) in [6.45, 7) is 1.56. The molecule has 10 heavy (non-hydrogen) atoms. The molecule has 1 saturated heterocycles. The van der Waals surface area contributed by atoms with Gasteiger partial charge in [-0.25, -0.2) is 5.32 Å². The van der Waals surface area contributed by atoms with E-state index in [1.54, 1.807) is 0 Å². The van der Waals surface area contributed by atoms with E-state index < -0.39 is 4.92 Å². The zero-order valence-electron chi connectivity index (χ0n) is 5.36. The van der Waals surface area contributed by atoms with Crippen LogP contribution in [0.25, 0.3) is 0 Å². The van der Waals surface area contributed by atoms with E-state index in [1.807, 2.05) is 0 Å². The highest BCUT2D eigenvalue weighted by molar-refractivity contribution is 4.89. The van der Waals surface area contributed by atoms with E-state index in [9.17, 15) is 10.1 Å². The molecule has 1 fully saturated rings. The molecule has 0 saturated carbocycles. The van der Waals surface area contributed by atoms with Crippen LogP contribution < -0.4 is 10.6 Å². The van der Waals surface area contributed by atoms with Crippen LogP contribution in [0.3, 0.4) is 0 Å². The minimum atomic E-state index is -0.491. The predicted octanol–water partition coefficient (Wildman–Crippen LogP) is -0.690. The Labute approximate surface area is 58.3 Å². The molecule has 1 radical (unpaired) electrons. The molecule has 1 rings (SSSR count). The van der Waals surface area contributed by atoms with Crippen molar-refractivity contribution in [2.45, 2.75) is 6.17 Å². The minimum Gasteiger partial charge on any atom is -0.296 e. The fourth-order valence-electron chi connectivity index (χ4n) is 0.761. The maximum absolute atomic E-state index is 9.81. The SMILES string of the molecule is O=[N+]([O-])/C=C/C1[N]CCN1. The van der Waals surface area contributed by atoms with Crippen molar-refractivity contribution in [3.8, 4) is 0 Å². The van der Waals surface area contributed by atoms with Gasteiger partial charge in [0.2, 0.25) is 6.20 Å². The summed E-state index contributed by atoms with van der Waals surface area (Å²) in [6.07, 6.45) is 2.20. The molecule has 1 aliphatic heterocycles. The average molecular weight is 142 g/mol. The fourth-order valence-corrected chi connectivity index (χ4v) is 0.761. The molecule has 1 unspecified atom stereocenters. The molecular weight excluding hydrogens is 134 g/mol. The normalized spacial score (nSPS) is 20.4. The highest BCUT2D eigenvalue weighted by Crippen LogP contribution is 1.89. The largest absolute Gasteiger partial charge is 0.296 e. The Morgan fingerprint density at radius 1 is 1.80 bits per heavy atom. The molecule has 0 amide bonds. The Kier molecular flexibility index (Phi) is 2.35. The van der Waals surface area contributed by atoms with Crippen LogP contribution in [-0.4, -0.2) is 24.2 Å². The van der Waals surface area contributed by atoms with Crippen molar-refractivity contribution in [2.24, 2.45) is 0 Å². The molecule has 0 aliphatic carbocycles. The second-order valence-corrected chi connectivity index (χ2v) is 1.93. The topological polar surface area (TPSA) is 69.3 Å². The van der Waals surface area contributed by atoms with Gasteiger partial charge in [-0.3, -0.25) is 15.4 Å². The molecule has 0 aromatic carbocycles. The van der Waals surface area contributed by atoms with Crippen LogP contribution in [0.15, 0.2) is 12.3 Å². The first-order chi connectivity index (χ1) is 4.79. The number of rotatable bonds is 2. The van der Waals surface area contributed by atoms with Crippen LogP contribution in [0.2, 0.25) is 0 Å². The zero-order chi connectivity index (χ0) is 7.40. The van der Waals surface area contributed by atoms with Crippen molar-refractivity contribution < 1.29 is 4.92 Å². The van der Waals surface area contributed by atoms with Gasteiger partial charge >= 0.3 is 0 Å². The Hall–Kier alpha value is -0.940. The summed E-state index contributed by atoms with van der Waals surface area (Å²) in [4.78, 5) is 9.31. The van der Waals surface area contributed by atoms with Crippen LogP contribution >= 0.6 is 0 Å². The van der Waals surface area contributed by atoms with Crippen molar-refractivity contribution in [2.75, 3.05) is 13.1 Å². The maximum atomic E-state index is 9.81. The van der Waals surface area contributed by atoms with Gasteiger partial charge < -0.3 is 0 Å². The molecule has 5 nitrogen and oxygen atoms in total. The van der Waals surface area contributed by atoms with Crippen LogP contribution in [0, 0.1) is 10.1 Å². The number of hydrogen-bond acceptors (Lipinski definition) is 3. The lowest BCUT2D eigenvalue weighted by Gasteiger charge is -1.97. The molecular formula is C5H8N3O2. The smallest absolute Gasteiger partial charge is 0.233 e. The molecule has 0 aromatic heterocycles. The van der Waals surface area contributed by atoms with Crippen LogP contribution in [-0.2, 0) is 0 Å². The third kappa shape index (κ3) is 2.12. The van der Waals surface area contributed by atoms with Crippen molar-refractivity contribution in [1.29, 1.82) is 0 Å². The van der Waals surface area contributed by atoms with Gasteiger partial charge in [0.05, 0.1) is 11.1 Å². The molecule has 0 aromatic rings. The van der Waals surface area contributed by atoms with Gasteiger partial charge in [-0.05, 0) is 0 Å². The van der Waals surface area contributed by atoms with E-state index in [1.165, 1.54) is 6.08 Å². The molecule has 1 aliphatic rings. The average Bonchev–Trinajstić information content (AvgIpc) is 2.34. The van der Waals surface area contributed by atoms with Crippen molar-refractivity contribution in [1.82, 2.24) is 10.6 Å². The standard InChI is InChI=1S/C5H8N3O2/c9-8(10)4-1-5-6-2-3-7-5/h1,4-6H,2-3H2/b4-1+. The molecule has 1 atom stereocenters. The second-order valence-electron chi connectivity index (χ2n) is 1.93. The third-order valence-electron chi connectivity index (χ3n) is 1.18. The Morgan fingerprint density at radius 3 is 3.10 bits per heavy atom. The van der Waals surface area contributed by atoms with E-state index in [4.69, 9.17) is 0 Å². The Morgan fingerprint density at radius 2 is 2.60 bits per heavy atom. The van der Waals surface area contributed by atoms with E-state index in [-0.39, 0.29) is 6.17 Å². The van der Waals surface area contributed by atoms with Gasteiger partial charge in [0, 0.05) is 19.2 Å². The minimum absolute atomic E-state index is 0.148. The fraction of sp³-hybridized carbons (Fsp3) is 0.600. The summed E-state index contributed by atoms with van der Waals surface area (Å²) in [6, 6.07) is 0. The second kappa shape index (κ2) is 3.28. The first-order valence-corrected chi connectivity index (χ1v) is 3.01. The van der Waals surface area contributed by atoms with Crippen LogP contribution in [0.5, 0.6) is 0 Å². The summed E-state index contributed by atoms with van der Waals surface area (Å²) in [5.74, 6) is 0. The van der Waals surface area contributed by atoms with Crippen LogP contribution in [0.1, 0.15) is 0 Å². The van der Waals surface area contributed by atoms with Crippen molar-refractivity contribution >= 4 is 0 Å². The molecule has 0 bridgehead atoms. The molecule has 55 valence electrons. The van der Waals surface area contributed by atoms with Crippen molar-refractivity contribution in [3.05, 3.63) is 22.4 Å². The highest BCUT2D eigenvalue weighted by atomic mass is 16.6. The number of hydrogen-bond donors (Lipinski definition) is 1. The van der Waals surface area contributed by atoms with Gasteiger partial charge in [-0.2, -0.15) is 0 Å². The first-order valence-electron chi connectivity index (χ1n) is 3.01. The molecule has 0 spiro atoms. The summed E-state index contributed by atoms with van der Waals surface area (Å²) in [7, 11) is 0. The van der Waals surface area contributed by atoms with Gasteiger partial charge in [-0.15, -0.1) is 0 Å². The molecule has 1 N–H and O–H groups in total. The number of nitrogens with one attached hydrogen (secondary N) is 1. The van der Waals surface area contributed by atoms with E-state index in [0.717, 1.165) is 19.3 Å². The van der Waals surface area contributed by atoms with Crippen LogP contribution in [0.4, 0.5) is 0 Å². The Balaban J connectivity index is 2.29. The zero-order valence-corrected chi connectivity index (χ0v) is 5.36. The monoisotopic (exact) mass is 142 g/mol. The van der Waals surface area contributed by atoms with Gasteiger partial charge in [0.1, 0.15) is 0 Å². The van der Waals surface area contributed by atoms with Crippen molar-refractivity contribution in [3.63, 3.8) is 0 Å². The summed E-state index contributed by atoms with van der Waals surface area (Å²) in [5.41, 5.74) is 0. The first kappa shape index (κ1) is 7.17. The summed E-state index contributed by atoms with van der Waals surface area (Å²) in [5, 5.41) is 16.8. The molecule has 5 heteroatoms. The molecule has 1 heterocycles. The maximum Gasteiger partial charge on any atom is 0.233 e. The number of nitrogens with zero attached hydrogens (tertiary/aromatic N) is 2. The lowest BCUT2D eigenvalue weighted by molar-refractivity contribution is -0.402. The number of nitro groups is 1. The third-order valence-corrected chi connectivity index (χ3v) is 1.18. The lowest BCUT2D eigenvalue weighted by atomic mass is 10.5. The van der Waals surface area contributed by atoms with E-state index in [2.05, 4.69) is 10.6 Å². The summed E-state index contributed by atoms with van der Waals surface area (Å²) < 4.78 is 0. The summed E-state index contributed by atoms with van der Waals surface area (Å²) >= 11 is 0. The van der Waals surface area contributed by atoms with E-state index in [0.29, 0.717) is 0 Å². The van der Waals surface area contributed by atoms with Gasteiger partial charge in [0.15, 0.2) is 0 Å². The van der Waals surface area contributed by atoms with Gasteiger partial charge in [-0.1, -0.05) is 0 Å². The predicted molar refractivity (Wildman–Crippen MR) is 34.9 cm³/mol. The lowest BCUT2D eigenvalue weighted by Crippen LogP contribution is -2.23. The van der Waals surface area contributed by atoms with E-state index >= 15 is 0 Å².